The van der Waals surface area contributed by atoms with Gasteiger partial charge in [-0.05, 0) is 50.4 Å². The molecule has 1 atom stereocenters. The van der Waals surface area contributed by atoms with Crippen LogP contribution in [0, 0.1) is 0 Å². The molecule has 8 nitrogen and oxygen atoms in total. The molecule has 1 heterocycles. The molecule has 0 fully saturated rings. The van der Waals surface area contributed by atoms with Crippen molar-refractivity contribution in [2.24, 2.45) is 0 Å². The van der Waals surface area contributed by atoms with E-state index in [1.807, 2.05) is 44.2 Å². The standard InChI is InChI=1S/C17H25N7OS2/c1-3-18-16(26)23-20-10-13(22-24-17(27)19-4-2)14-11-25-15(21-14)12-8-6-5-7-9-12/h5-9,11,13,20,22H,3-4,10H2,1-2H3,(H2,18,23,26)(H2,19,24,27). The van der Waals surface area contributed by atoms with E-state index in [9.17, 15) is 0 Å². The Bertz CT molecular complexity index is 723. The van der Waals surface area contributed by atoms with Gasteiger partial charge in [-0.2, -0.15) is 0 Å². The molecule has 0 bridgehead atoms. The number of nitrogens with one attached hydrogen (secondary N) is 6. The summed E-state index contributed by atoms with van der Waals surface area (Å²) in [7, 11) is 0. The topological polar surface area (TPSA) is 98.2 Å². The Morgan fingerprint density at radius 3 is 2.37 bits per heavy atom. The fourth-order valence-corrected chi connectivity index (χ4v) is 2.60. The minimum atomic E-state index is -0.222. The summed E-state index contributed by atoms with van der Waals surface area (Å²) in [5.41, 5.74) is 13.8. The highest BCUT2D eigenvalue weighted by Gasteiger charge is 2.17. The van der Waals surface area contributed by atoms with Crippen LogP contribution in [-0.2, 0) is 0 Å². The second-order valence-corrected chi connectivity index (χ2v) is 6.31. The third-order valence-electron chi connectivity index (χ3n) is 3.44. The fourth-order valence-electron chi connectivity index (χ4n) is 2.18. The predicted octanol–water partition coefficient (Wildman–Crippen LogP) is 1.36. The van der Waals surface area contributed by atoms with Crippen LogP contribution >= 0.6 is 24.4 Å². The highest BCUT2D eigenvalue weighted by molar-refractivity contribution is 7.80. The molecule has 2 aromatic rings. The average molecular weight is 408 g/mol. The van der Waals surface area contributed by atoms with Crippen molar-refractivity contribution in [1.82, 2.24) is 37.3 Å². The molecule has 0 aliphatic heterocycles. The zero-order valence-corrected chi connectivity index (χ0v) is 17.0. The van der Waals surface area contributed by atoms with E-state index in [4.69, 9.17) is 28.9 Å². The molecule has 1 unspecified atom stereocenters. The molecule has 6 N–H and O–H groups in total. The van der Waals surface area contributed by atoms with Crippen molar-refractivity contribution in [1.29, 1.82) is 0 Å². The number of nitrogens with zero attached hydrogens (tertiary/aromatic N) is 1. The van der Waals surface area contributed by atoms with Crippen LogP contribution in [0.2, 0.25) is 0 Å². The number of benzene rings is 1. The molecule has 0 spiro atoms. The number of oxazole rings is 1. The normalized spacial score (nSPS) is 11.5. The van der Waals surface area contributed by atoms with Crippen molar-refractivity contribution in [2.45, 2.75) is 19.9 Å². The molecule has 1 aromatic heterocycles. The zero-order valence-electron chi connectivity index (χ0n) is 15.3. The Balaban J connectivity index is 2.03. The van der Waals surface area contributed by atoms with E-state index in [2.05, 4.69) is 37.3 Å². The van der Waals surface area contributed by atoms with Crippen molar-refractivity contribution in [3.8, 4) is 11.5 Å². The molecule has 0 saturated heterocycles. The third kappa shape index (κ3) is 7.10. The SMILES string of the molecule is CCNC(=S)NNCC(NNC(=S)NCC)c1coc(-c2ccccc2)n1. The van der Waals surface area contributed by atoms with Crippen molar-refractivity contribution in [2.75, 3.05) is 19.6 Å². The van der Waals surface area contributed by atoms with Gasteiger partial charge in [-0.3, -0.25) is 10.9 Å². The first-order valence-corrected chi connectivity index (χ1v) is 9.52. The summed E-state index contributed by atoms with van der Waals surface area (Å²) in [6, 6.07) is 9.51. The number of hydrogen-bond donors (Lipinski definition) is 6. The maximum atomic E-state index is 5.64. The first-order chi connectivity index (χ1) is 13.1. The molecule has 10 heteroatoms. The Kier molecular flexibility index (Phi) is 8.92. The van der Waals surface area contributed by atoms with Crippen LogP contribution in [0.25, 0.3) is 11.5 Å². The van der Waals surface area contributed by atoms with Crippen LogP contribution in [0.3, 0.4) is 0 Å². The molecule has 27 heavy (non-hydrogen) atoms. The lowest BCUT2D eigenvalue weighted by Crippen LogP contribution is -2.51. The summed E-state index contributed by atoms with van der Waals surface area (Å²) in [6.45, 7) is 5.91. The molecule has 2 rings (SSSR count). The fraction of sp³-hybridized carbons (Fsp3) is 0.353. The third-order valence-corrected chi connectivity index (χ3v) is 3.94. The zero-order chi connectivity index (χ0) is 19.5. The first kappa shape index (κ1) is 21.0. The van der Waals surface area contributed by atoms with Crippen LogP contribution in [0.4, 0.5) is 0 Å². The molecular weight excluding hydrogens is 382 g/mol. The summed E-state index contributed by atoms with van der Waals surface area (Å²) in [6.07, 6.45) is 1.63. The van der Waals surface area contributed by atoms with E-state index in [-0.39, 0.29) is 6.04 Å². The molecular formula is C17H25N7OS2. The highest BCUT2D eigenvalue weighted by atomic mass is 32.1. The highest BCUT2D eigenvalue weighted by Crippen LogP contribution is 2.20. The second kappa shape index (κ2) is 11.4. The van der Waals surface area contributed by atoms with Crippen molar-refractivity contribution in [3.05, 3.63) is 42.3 Å². The molecule has 0 saturated carbocycles. The van der Waals surface area contributed by atoms with Gasteiger partial charge in [0.05, 0.1) is 11.7 Å². The maximum Gasteiger partial charge on any atom is 0.226 e. The minimum Gasteiger partial charge on any atom is -0.444 e. The van der Waals surface area contributed by atoms with Crippen molar-refractivity contribution < 1.29 is 4.42 Å². The largest absolute Gasteiger partial charge is 0.444 e. The molecule has 0 radical (unpaired) electrons. The van der Waals surface area contributed by atoms with Gasteiger partial charge in [0.25, 0.3) is 0 Å². The monoisotopic (exact) mass is 407 g/mol. The number of hydrazine groups is 2. The predicted molar refractivity (Wildman–Crippen MR) is 115 cm³/mol. The van der Waals surface area contributed by atoms with Gasteiger partial charge in [0.2, 0.25) is 5.89 Å². The van der Waals surface area contributed by atoms with Crippen molar-refractivity contribution in [3.63, 3.8) is 0 Å². The number of thiocarbonyl (C=S) groups is 2. The summed E-state index contributed by atoms with van der Waals surface area (Å²) in [5.74, 6) is 0.558. The minimum absolute atomic E-state index is 0.222. The molecule has 0 aliphatic carbocycles. The lowest BCUT2D eigenvalue weighted by atomic mass is 10.2. The van der Waals surface area contributed by atoms with E-state index in [1.165, 1.54) is 0 Å². The summed E-state index contributed by atoms with van der Waals surface area (Å²) in [4.78, 5) is 4.59. The smallest absolute Gasteiger partial charge is 0.226 e. The lowest BCUT2D eigenvalue weighted by molar-refractivity contribution is 0.446. The second-order valence-electron chi connectivity index (χ2n) is 5.49. The Morgan fingerprint density at radius 2 is 1.70 bits per heavy atom. The van der Waals surface area contributed by atoms with Gasteiger partial charge in [0, 0.05) is 25.2 Å². The van der Waals surface area contributed by atoms with Gasteiger partial charge >= 0.3 is 0 Å². The lowest BCUT2D eigenvalue weighted by Gasteiger charge is -2.20. The van der Waals surface area contributed by atoms with E-state index in [1.54, 1.807) is 6.26 Å². The van der Waals surface area contributed by atoms with E-state index >= 15 is 0 Å². The quantitative estimate of drug-likeness (QED) is 0.270. The van der Waals surface area contributed by atoms with E-state index in [0.29, 0.717) is 22.7 Å². The molecule has 0 aliphatic rings. The number of hydrogen-bond acceptors (Lipinski definition) is 6. The number of aromatic nitrogens is 1. The van der Waals surface area contributed by atoms with Gasteiger partial charge in [-0.15, -0.1) is 0 Å². The Labute approximate surface area is 169 Å². The van der Waals surface area contributed by atoms with Gasteiger partial charge in [-0.25, -0.2) is 15.8 Å². The summed E-state index contributed by atoms with van der Waals surface area (Å²) in [5, 5.41) is 7.06. The molecule has 146 valence electrons. The summed E-state index contributed by atoms with van der Waals surface area (Å²) >= 11 is 10.3. The average Bonchev–Trinajstić information content (AvgIpc) is 3.15. The molecule has 1 aromatic carbocycles. The van der Waals surface area contributed by atoms with E-state index in [0.717, 1.165) is 24.3 Å². The van der Waals surface area contributed by atoms with Crippen LogP contribution < -0.4 is 32.3 Å². The van der Waals surface area contributed by atoms with Crippen LogP contribution in [0.5, 0.6) is 0 Å². The Hall–Kier alpha value is -2.27. The maximum absolute atomic E-state index is 5.64. The summed E-state index contributed by atoms with van der Waals surface area (Å²) < 4.78 is 5.64. The van der Waals surface area contributed by atoms with Crippen LogP contribution in [-0.4, -0.2) is 34.8 Å². The van der Waals surface area contributed by atoms with Gasteiger partial charge in [-0.1, -0.05) is 18.2 Å². The van der Waals surface area contributed by atoms with Crippen molar-refractivity contribution >= 4 is 34.7 Å². The van der Waals surface area contributed by atoms with Gasteiger partial charge in [0.15, 0.2) is 10.2 Å². The first-order valence-electron chi connectivity index (χ1n) is 8.71. The Morgan fingerprint density at radius 1 is 1.04 bits per heavy atom. The molecule has 0 amide bonds. The van der Waals surface area contributed by atoms with Crippen LogP contribution in [0.1, 0.15) is 25.6 Å². The van der Waals surface area contributed by atoms with Gasteiger partial charge in [0.1, 0.15) is 6.26 Å². The van der Waals surface area contributed by atoms with E-state index < -0.39 is 0 Å². The number of rotatable bonds is 9. The van der Waals surface area contributed by atoms with Crippen LogP contribution in [0.15, 0.2) is 41.0 Å². The van der Waals surface area contributed by atoms with Gasteiger partial charge < -0.3 is 15.1 Å².